The van der Waals surface area contributed by atoms with Crippen molar-refractivity contribution in [3.05, 3.63) is 179 Å². The zero-order valence-corrected chi connectivity index (χ0v) is 21.1. The SMILES string of the molecule is c1ccc(C2(c3cccc4c3ccc3cc5ccccc5cc34)c3ccccc3Cc3ccccc32)cc1. The number of rotatable bonds is 2. The fourth-order valence-electron chi connectivity index (χ4n) is 6.98. The Morgan fingerprint density at radius 1 is 0.368 bits per heavy atom. The van der Waals surface area contributed by atoms with Gasteiger partial charge in [0.1, 0.15) is 0 Å². The van der Waals surface area contributed by atoms with E-state index in [9.17, 15) is 0 Å². The van der Waals surface area contributed by atoms with Gasteiger partial charge in [0.05, 0.1) is 5.41 Å². The van der Waals surface area contributed by atoms with Crippen LogP contribution < -0.4 is 0 Å². The van der Waals surface area contributed by atoms with Gasteiger partial charge in [-0.2, -0.15) is 0 Å². The molecule has 8 rings (SSSR count). The first-order valence-corrected chi connectivity index (χ1v) is 13.4. The van der Waals surface area contributed by atoms with Gasteiger partial charge in [-0.15, -0.1) is 0 Å². The Labute approximate surface area is 222 Å². The van der Waals surface area contributed by atoms with E-state index in [1.807, 2.05) is 0 Å². The highest BCUT2D eigenvalue weighted by molar-refractivity contribution is 6.13. The molecule has 1 aliphatic carbocycles. The van der Waals surface area contributed by atoms with Crippen molar-refractivity contribution in [2.45, 2.75) is 11.8 Å². The molecular weight excluding hydrogens is 456 g/mol. The van der Waals surface area contributed by atoms with Gasteiger partial charge in [-0.05, 0) is 84.3 Å². The molecular formula is C38H26. The third kappa shape index (κ3) is 2.92. The Hall–Kier alpha value is -4.68. The molecule has 38 heavy (non-hydrogen) atoms. The van der Waals surface area contributed by atoms with Crippen LogP contribution in [0.2, 0.25) is 0 Å². The molecule has 0 amide bonds. The topological polar surface area (TPSA) is 0 Å². The third-order valence-corrected chi connectivity index (χ3v) is 8.58. The summed E-state index contributed by atoms with van der Waals surface area (Å²) in [7, 11) is 0. The summed E-state index contributed by atoms with van der Waals surface area (Å²) >= 11 is 0. The Kier molecular flexibility index (Phi) is 4.60. The summed E-state index contributed by atoms with van der Waals surface area (Å²) in [5.41, 5.74) is 7.82. The monoisotopic (exact) mass is 482 g/mol. The van der Waals surface area contributed by atoms with E-state index < -0.39 is 5.41 Å². The van der Waals surface area contributed by atoms with Gasteiger partial charge in [0.25, 0.3) is 0 Å². The Morgan fingerprint density at radius 3 is 1.71 bits per heavy atom. The minimum Gasteiger partial charge on any atom is -0.0622 e. The van der Waals surface area contributed by atoms with Crippen molar-refractivity contribution < 1.29 is 0 Å². The molecule has 0 spiro atoms. The van der Waals surface area contributed by atoms with E-state index in [-0.39, 0.29) is 0 Å². The second-order valence-corrected chi connectivity index (χ2v) is 10.5. The fraction of sp³-hybridized carbons (Fsp3) is 0.0526. The van der Waals surface area contributed by atoms with Gasteiger partial charge in [0.2, 0.25) is 0 Å². The zero-order valence-electron chi connectivity index (χ0n) is 21.1. The standard InChI is InChI=1S/C38H26/c1-2-15-31(16-3-1)38(35-18-8-6-13-29(35)24-30-14-7-9-19-36(30)38)37-20-10-17-32-33(37)22-21-28-23-26-11-4-5-12-27(26)25-34(28)32/h1-23,25H,24H2. The zero-order chi connectivity index (χ0) is 25.1. The van der Waals surface area contributed by atoms with Crippen LogP contribution in [-0.4, -0.2) is 0 Å². The summed E-state index contributed by atoms with van der Waals surface area (Å²) in [5, 5.41) is 7.78. The Bertz CT molecular complexity index is 1950. The smallest absolute Gasteiger partial charge is 0.0622 e. The van der Waals surface area contributed by atoms with Crippen LogP contribution in [0.1, 0.15) is 33.4 Å². The van der Waals surface area contributed by atoms with Gasteiger partial charge >= 0.3 is 0 Å². The van der Waals surface area contributed by atoms with Gasteiger partial charge < -0.3 is 0 Å². The molecule has 7 aromatic carbocycles. The minimum atomic E-state index is -0.406. The molecule has 0 bridgehead atoms. The maximum Gasteiger partial charge on any atom is 0.0713 e. The van der Waals surface area contributed by atoms with Gasteiger partial charge in [0, 0.05) is 0 Å². The summed E-state index contributed by atoms with van der Waals surface area (Å²) in [6, 6.07) is 54.2. The minimum absolute atomic E-state index is 0.406. The molecule has 0 heteroatoms. The van der Waals surface area contributed by atoms with Gasteiger partial charge in [-0.1, -0.05) is 133 Å². The summed E-state index contributed by atoms with van der Waals surface area (Å²) in [6.45, 7) is 0. The van der Waals surface area contributed by atoms with Gasteiger partial charge in [-0.3, -0.25) is 0 Å². The fourth-order valence-corrected chi connectivity index (χ4v) is 6.98. The van der Waals surface area contributed by atoms with Crippen molar-refractivity contribution >= 4 is 32.3 Å². The van der Waals surface area contributed by atoms with E-state index in [4.69, 9.17) is 0 Å². The van der Waals surface area contributed by atoms with Crippen molar-refractivity contribution in [1.29, 1.82) is 0 Å². The molecule has 0 radical (unpaired) electrons. The molecule has 0 atom stereocenters. The highest BCUT2D eigenvalue weighted by atomic mass is 14.5. The van der Waals surface area contributed by atoms with Crippen LogP contribution in [0.5, 0.6) is 0 Å². The number of benzene rings is 7. The first-order valence-electron chi connectivity index (χ1n) is 13.4. The number of hydrogen-bond acceptors (Lipinski definition) is 0. The predicted molar refractivity (Wildman–Crippen MR) is 160 cm³/mol. The van der Waals surface area contributed by atoms with E-state index in [0.29, 0.717) is 0 Å². The summed E-state index contributed by atoms with van der Waals surface area (Å²) in [4.78, 5) is 0. The van der Waals surface area contributed by atoms with Crippen molar-refractivity contribution in [2.24, 2.45) is 0 Å². The maximum absolute atomic E-state index is 2.37. The Balaban J connectivity index is 1.56. The van der Waals surface area contributed by atoms with Crippen LogP contribution in [0.15, 0.2) is 146 Å². The predicted octanol–water partition coefficient (Wildman–Crippen LogP) is 9.43. The first-order chi connectivity index (χ1) is 18.8. The highest BCUT2D eigenvalue weighted by Crippen LogP contribution is 2.52. The molecule has 0 saturated carbocycles. The van der Waals surface area contributed by atoms with E-state index in [1.54, 1.807) is 0 Å². The van der Waals surface area contributed by atoms with Crippen LogP contribution in [0.4, 0.5) is 0 Å². The summed E-state index contributed by atoms with van der Waals surface area (Å²) in [5.74, 6) is 0. The lowest BCUT2D eigenvalue weighted by atomic mass is 9.59. The average Bonchev–Trinajstić information content (AvgIpc) is 2.99. The highest BCUT2D eigenvalue weighted by Gasteiger charge is 2.44. The largest absolute Gasteiger partial charge is 0.0713 e. The molecule has 0 fully saturated rings. The molecule has 0 N–H and O–H groups in total. The molecule has 1 aliphatic rings. The van der Waals surface area contributed by atoms with E-state index in [1.165, 1.54) is 65.7 Å². The van der Waals surface area contributed by atoms with Crippen LogP contribution in [0.3, 0.4) is 0 Å². The molecule has 0 aromatic heterocycles. The lowest BCUT2D eigenvalue weighted by Gasteiger charge is -2.43. The first kappa shape index (κ1) is 21.4. The molecule has 0 heterocycles. The summed E-state index contributed by atoms with van der Waals surface area (Å²) in [6.07, 6.45) is 0.959. The lowest BCUT2D eigenvalue weighted by molar-refractivity contribution is 0.709. The van der Waals surface area contributed by atoms with Gasteiger partial charge in [0.15, 0.2) is 0 Å². The second kappa shape index (κ2) is 8.16. The molecule has 0 nitrogen and oxygen atoms in total. The van der Waals surface area contributed by atoms with Crippen molar-refractivity contribution in [3.63, 3.8) is 0 Å². The number of fused-ring (bicyclic) bond motifs is 6. The molecule has 0 unspecified atom stereocenters. The van der Waals surface area contributed by atoms with Crippen molar-refractivity contribution in [1.82, 2.24) is 0 Å². The normalized spacial score (nSPS) is 13.9. The van der Waals surface area contributed by atoms with E-state index >= 15 is 0 Å². The van der Waals surface area contributed by atoms with Gasteiger partial charge in [-0.25, -0.2) is 0 Å². The second-order valence-electron chi connectivity index (χ2n) is 10.5. The van der Waals surface area contributed by atoms with Crippen LogP contribution in [0, 0.1) is 0 Å². The van der Waals surface area contributed by atoms with Crippen molar-refractivity contribution in [2.75, 3.05) is 0 Å². The molecule has 178 valence electrons. The van der Waals surface area contributed by atoms with Crippen molar-refractivity contribution in [3.8, 4) is 0 Å². The van der Waals surface area contributed by atoms with E-state index in [2.05, 4.69) is 146 Å². The van der Waals surface area contributed by atoms with Crippen LogP contribution in [0.25, 0.3) is 32.3 Å². The average molecular weight is 483 g/mol. The van der Waals surface area contributed by atoms with Crippen LogP contribution >= 0.6 is 0 Å². The number of hydrogen-bond donors (Lipinski definition) is 0. The molecule has 0 aliphatic heterocycles. The Morgan fingerprint density at radius 2 is 0.974 bits per heavy atom. The molecule has 0 saturated heterocycles. The van der Waals surface area contributed by atoms with Crippen LogP contribution in [-0.2, 0) is 11.8 Å². The van der Waals surface area contributed by atoms with E-state index in [0.717, 1.165) is 6.42 Å². The summed E-state index contributed by atoms with van der Waals surface area (Å²) < 4.78 is 0. The third-order valence-electron chi connectivity index (χ3n) is 8.58. The molecule has 7 aromatic rings. The lowest BCUT2D eigenvalue weighted by Crippen LogP contribution is -2.36. The quantitative estimate of drug-likeness (QED) is 0.170. The maximum atomic E-state index is 2.37.